The molecule has 3 N–H and O–H groups in total. The van der Waals surface area contributed by atoms with Crippen LogP contribution in [0.3, 0.4) is 0 Å². The molecular weight excluding hydrogens is 270 g/mol. The van der Waals surface area contributed by atoms with E-state index < -0.39 is 11.0 Å². The lowest BCUT2D eigenvalue weighted by atomic mass is 9.62. The second-order valence-electron chi connectivity index (χ2n) is 5.74. The molecule has 0 saturated carbocycles. The van der Waals surface area contributed by atoms with Crippen LogP contribution in [-0.2, 0) is 5.41 Å². The number of hydrogen-bond donors (Lipinski definition) is 3. The van der Waals surface area contributed by atoms with E-state index >= 15 is 0 Å². The Labute approximate surface area is 119 Å². The number of aromatic hydroxyl groups is 1. The van der Waals surface area contributed by atoms with E-state index in [0.29, 0.717) is 12.0 Å². The van der Waals surface area contributed by atoms with Gasteiger partial charge in [0.15, 0.2) is 23.0 Å². The number of aliphatic imine (C=N–C) groups is 1. The van der Waals surface area contributed by atoms with E-state index in [1.807, 2.05) is 6.07 Å². The molecule has 2 atom stereocenters. The van der Waals surface area contributed by atoms with Crippen LogP contribution in [0, 0.1) is 0 Å². The van der Waals surface area contributed by atoms with Gasteiger partial charge in [-0.2, -0.15) is 0 Å². The van der Waals surface area contributed by atoms with Gasteiger partial charge in [-0.15, -0.1) is 0 Å². The van der Waals surface area contributed by atoms with E-state index in [9.17, 15) is 15.3 Å². The minimum Gasteiger partial charge on any atom is -0.504 e. The zero-order valence-electron chi connectivity index (χ0n) is 10.9. The SMILES string of the molecule is OC1=C2Oc3c(O)cccc3C23C2=C(C2)N=CC3(O)C=C1. The van der Waals surface area contributed by atoms with E-state index in [-0.39, 0.29) is 23.0 Å². The number of ether oxygens (including phenoxy) is 1. The van der Waals surface area contributed by atoms with Gasteiger partial charge in [-0.05, 0) is 23.8 Å². The molecule has 0 radical (unpaired) electrons. The van der Waals surface area contributed by atoms with Crippen LogP contribution in [0.15, 0.2) is 58.1 Å². The van der Waals surface area contributed by atoms with Crippen molar-refractivity contribution in [2.45, 2.75) is 17.4 Å². The quantitative estimate of drug-likeness (QED) is 0.677. The maximum absolute atomic E-state index is 11.1. The van der Waals surface area contributed by atoms with Crippen LogP contribution in [0.4, 0.5) is 0 Å². The number of hydrogen-bond acceptors (Lipinski definition) is 5. The molecule has 0 amide bonds. The second kappa shape index (κ2) is 3.04. The van der Waals surface area contributed by atoms with E-state index in [1.165, 1.54) is 24.4 Å². The van der Waals surface area contributed by atoms with Gasteiger partial charge < -0.3 is 20.1 Å². The topological polar surface area (TPSA) is 82.3 Å². The van der Waals surface area contributed by atoms with Gasteiger partial charge in [0, 0.05) is 23.9 Å². The average molecular weight is 281 g/mol. The molecule has 104 valence electrons. The molecule has 2 aliphatic heterocycles. The number of fused-ring (bicyclic) bond motifs is 1. The third kappa shape index (κ3) is 1.01. The average Bonchev–Trinajstić information content (AvgIpc) is 3.17. The first-order valence-corrected chi connectivity index (χ1v) is 6.71. The normalized spacial score (nSPS) is 34.1. The lowest BCUT2D eigenvalue weighted by Crippen LogP contribution is -2.54. The Balaban J connectivity index is 1.94. The molecule has 2 unspecified atom stereocenters. The van der Waals surface area contributed by atoms with Crippen molar-refractivity contribution in [3.63, 3.8) is 0 Å². The first kappa shape index (κ1) is 11.2. The van der Waals surface area contributed by atoms with Crippen LogP contribution in [0.2, 0.25) is 0 Å². The highest BCUT2D eigenvalue weighted by Gasteiger charge is 2.67. The first-order valence-electron chi connectivity index (χ1n) is 6.71. The molecule has 5 heteroatoms. The summed E-state index contributed by atoms with van der Waals surface area (Å²) in [6.45, 7) is 0. The summed E-state index contributed by atoms with van der Waals surface area (Å²) in [5.41, 5.74) is 0.0924. The number of benzene rings is 1. The molecule has 1 aromatic carbocycles. The molecule has 1 spiro atoms. The van der Waals surface area contributed by atoms with Gasteiger partial charge in [0.1, 0.15) is 11.0 Å². The number of para-hydroxylation sites is 1. The predicted octanol–water partition coefficient (Wildman–Crippen LogP) is 1.84. The summed E-state index contributed by atoms with van der Waals surface area (Å²) in [6.07, 6.45) is 5.10. The number of allylic oxidation sites excluding steroid dienone is 2. The van der Waals surface area contributed by atoms with Crippen LogP contribution < -0.4 is 4.74 Å². The monoisotopic (exact) mass is 281 g/mol. The first-order chi connectivity index (χ1) is 10.1. The van der Waals surface area contributed by atoms with Gasteiger partial charge in [0.2, 0.25) is 0 Å². The lowest BCUT2D eigenvalue weighted by molar-refractivity contribution is 0.0928. The molecule has 2 aliphatic carbocycles. The van der Waals surface area contributed by atoms with Crippen LogP contribution in [0.1, 0.15) is 12.0 Å². The Hall–Kier alpha value is -2.53. The Kier molecular flexibility index (Phi) is 1.62. The summed E-state index contributed by atoms with van der Waals surface area (Å²) in [4.78, 5) is 4.27. The van der Waals surface area contributed by atoms with Crippen molar-refractivity contribution in [2.75, 3.05) is 0 Å². The van der Waals surface area contributed by atoms with Crippen LogP contribution in [0.25, 0.3) is 0 Å². The number of aliphatic hydroxyl groups excluding tert-OH is 1. The van der Waals surface area contributed by atoms with E-state index in [2.05, 4.69) is 4.99 Å². The third-order valence-corrected chi connectivity index (χ3v) is 4.71. The molecule has 5 rings (SSSR count). The van der Waals surface area contributed by atoms with Gasteiger partial charge in [0.25, 0.3) is 0 Å². The van der Waals surface area contributed by atoms with Crippen molar-refractivity contribution in [3.8, 4) is 11.5 Å². The second-order valence-corrected chi connectivity index (χ2v) is 5.74. The Morgan fingerprint density at radius 2 is 2.10 bits per heavy atom. The molecule has 21 heavy (non-hydrogen) atoms. The van der Waals surface area contributed by atoms with Crippen molar-refractivity contribution >= 4 is 6.21 Å². The molecule has 1 aromatic rings. The Bertz CT molecular complexity index is 848. The lowest BCUT2D eigenvalue weighted by Gasteiger charge is -2.42. The van der Waals surface area contributed by atoms with Crippen molar-refractivity contribution in [1.29, 1.82) is 0 Å². The molecule has 0 bridgehead atoms. The van der Waals surface area contributed by atoms with Gasteiger partial charge in [0.05, 0.1) is 0 Å². The van der Waals surface area contributed by atoms with E-state index in [0.717, 1.165) is 11.3 Å². The molecule has 2 heterocycles. The highest BCUT2D eigenvalue weighted by molar-refractivity contribution is 5.88. The largest absolute Gasteiger partial charge is 0.504 e. The van der Waals surface area contributed by atoms with Gasteiger partial charge in [-0.1, -0.05) is 12.1 Å². The highest BCUT2D eigenvalue weighted by atomic mass is 16.5. The van der Waals surface area contributed by atoms with E-state index in [1.54, 1.807) is 6.07 Å². The molecule has 4 aliphatic rings. The minimum absolute atomic E-state index is 0.00997. The fourth-order valence-corrected chi connectivity index (χ4v) is 3.73. The Morgan fingerprint density at radius 3 is 2.95 bits per heavy atom. The fourth-order valence-electron chi connectivity index (χ4n) is 3.73. The van der Waals surface area contributed by atoms with Crippen LogP contribution in [-0.4, -0.2) is 27.1 Å². The zero-order valence-corrected chi connectivity index (χ0v) is 10.9. The van der Waals surface area contributed by atoms with E-state index in [4.69, 9.17) is 4.74 Å². The molecule has 0 saturated heterocycles. The van der Waals surface area contributed by atoms with Crippen molar-refractivity contribution in [1.82, 2.24) is 0 Å². The molecule has 0 aromatic heterocycles. The van der Waals surface area contributed by atoms with Gasteiger partial charge >= 0.3 is 0 Å². The van der Waals surface area contributed by atoms with Crippen LogP contribution >= 0.6 is 0 Å². The van der Waals surface area contributed by atoms with Gasteiger partial charge in [-0.3, -0.25) is 4.99 Å². The number of aliphatic hydroxyl groups is 2. The van der Waals surface area contributed by atoms with Gasteiger partial charge in [-0.25, -0.2) is 0 Å². The predicted molar refractivity (Wildman–Crippen MR) is 74.3 cm³/mol. The summed E-state index contributed by atoms with van der Waals surface area (Å²) in [5.74, 6) is 0.504. The summed E-state index contributed by atoms with van der Waals surface area (Å²) < 4.78 is 5.75. The van der Waals surface area contributed by atoms with Crippen molar-refractivity contribution in [3.05, 3.63) is 58.7 Å². The Morgan fingerprint density at radius 1 is 1.24 bits per heavy atom. The van der Waals surface area contributed by atoms with Crippen LogP contribution in [0.5, 0.6) is 11.5 Å². The van der Waals surface area contributed by atoms with Crippen molar-refractivity contribution in [2.24, 2.45) is 4.99 Å². The number of phenolic OH excluding ortho intramolecular Hbond substituents is 1. The summed E-state index contributed by atoms with van der Waals surface area (Å²) >= 11 is 0. The maximum Gasteiger partial charge on any atom is 0.173 e. The summed E-state index contributed by atoms with van der Waals surface area (Å²) in [5, 5.41) is 31.4. The molecule has 5 nitrogen and oxygen atoms in total. The number of rotatable bonds is 0. The molecular formula is C16H11NO4. The number of nitrogens with zero attached hydrogens (tertiary/aromatic N) is 1. The minimum atomic E-state index is -1.40. The molecule has 0 fully saturated rings. The smallest absolute Gasteiger partial charge is 0.173 e. The highest BCUT2D eigenvalue weighted by Crippen LogP contribution is 2.66. The fraction of sp³-hybridized carbons (Fsp3) is 0.188. The third-order valence-electron chi connectivity index (χ3n) is 4.71. The van der Waals surface area contributed by atoms with Crippen molar-refractivity contribution < 1.29 is 20.1 Å². The standard InChI is InChI=1S/C16H11NO4/c18-11-3-1-2-8-13(11)21-14-12(19)4-5-15(20)7-17-10-6-9(10)16(8,14)15/h1-5,7,18-20H,6H2. The zero-order chi connectivity index (χ0) is 14.4. The number of phenols is 1. The summed E-state index contributed by atoms with van der Waals surface area (Å²) in [6, 6.07) is 5.04. The summed E-state index contributed by atoms with van der Waals surface area (Å²) in [7, 11) is 0. The maximum atomic E-state index is 11.1.